The predicted molar refractivity (Wildman–Crippen MR) is 114 cm³/mol. The number of likely N-dealkylation sites (tertiary alicyclic amines) is 1. The van der Waals surface area contributed by atoms with Crippen molar-refractivity contribution in [1.29, 1.82) is 0 Å². The number of thioether (sulfide) groups is 1. The SMILES string of the molecule is CC1CCN(C(=O)CN2C(=O)CSc3ccc(S(=O)(=O)N4CCOCC4)cc32)CC1. The molecule has 10 heteroatoms. The van der Waals surface area contributed by atoms with Gasteiger partial charge in [-0.25, -0.2) is 8.42 Å². The van der Waals surface area contributed by atoms with Crippen molar-refractivity contribution in [2.75, 3.05) is 56.6 Å². The Morgan fingerprint density at radius 3 is 2.57 bits per heavy atom. The van der Waals surface area contributed by atoms with Gasteiger partial charge in [0.1, 0.15) is 6.54 Å². The number of rotatable bonds is 4. The lowest BCUT2D eigenvalue weighted by Gasteiger charge is -2.34. The third-order valence-corrected chi connectivity index (χ3v) is 8.85. The second-order valence-corrected chi connectivity index (χ2v) is 10.9. The molecule has 0 unspecified atom stereocenters. The van der Waals surface area contributed by atoms with Gasteiger partial charge < -0.3 is 14.5 Å². The van der Waals surface area contributed by atoms with Gasteiger partial charge >= 0.3 is 0 Å². The highest BCUT2D eigenvalue weighted by molar-refractivity contribution is 8.00. The Hall–Kier alpha value is -1.62. The highest BCUT2D eigenvalue weighted by Gasteiger charge is 2.32. The molecule has 4 rings (SSSR count). The molecule has 30 heavy (non-hydrogen) atoms. The molecule has 3 aliphatic heterocycles. The summed E-state index contributed by atoms with van der Waals surface area (Å²) in [5, 5.41) is 0. The van der Waals surface area contributed by atoms with Crippen molar-refractivity contribution >= 4 is 39.3 Å². The second kappa shape index (κ2) is 8.86. The van der Waals surface area contributed by atoms with E-state index in [9.17, 15) is 18.0 Å². The number of carbonyl (C=O) groups excluding carboxylic acids is 2. The van der Waals surface area contributed by atoms with Crippen molar-refractivity contribution < 1.29 is 22.7 Å². The monoisotopic (exact) mass is 453 g/mol. The number of amides is 2. The number of hydrogen-bond acceptors (Lipinski definition) is 6. The maximum absolute atomic E-state index is 13.0. The summed E-state index contributed by atoms with van der Waals surface area (Å²) in [4.78, 5) is 29.7. The van der Waals surface area contributed by atoms with Crippen LogP contribution in [0.25, 0.3) is 0 Å². The number of carbonyl (C=O) groups is 2. The number of fused-ring (bicyclic) bond motifs is 1. The molecule has 0 aliphatic carbocycles. The van der Waals surface area contributed by atoms with Gasteiger partial charge in [0.2, 0.25) is 21.8 Å². The molecule has 3 aliphatic rings. The molecule has 0 spiro atoms. The van der Waals surface area contributed by atoms with Crippen LogP contribution in [0.2, 0.25) is 0 Å². The van der Waals surface area contributed by atoms with Crippen LogP contribution in [0.3, 0.4) is 0 Å². The number of sulfonamides is 1. The van der Waals surface area contributed by atoms with Crippen LogP contribution >= 0.6 is 11.8 Å². The van der Waals surface area contributed by atoms with E-state index < -0.39 is 10.0 Å². The number of morpholine rings is 1. The van der Waals surface area contributed by atoms with Gasteiger partial charge in [0.15, 0.2) is 0 Å². The average Bonchev–Trinajstić information content (AvgIpc) is 2.76. The minimum absolute atomic E-state index is 0.0537. The van der Waals surface area contributed by atoms with E-state index in [1.54, 1.807) is 12.1 Å². The molecule has 0 aromatic heterocycles. The maximum atomic E-state index is 13.0. The first-order valence-corrected chi connectivity index (χ1v) is 12.7. The number of anilines is 1. The number of nitrogens with zero attached hydrogens (tertiary/aromatic N) is 3. The Balaban J connectivity index is 1.58. The van der Waals surface area contributed by atoms with Gasteiger partial charge in [-0.15, -0.1) is 11.8 Å². The van der Waals surface area contributed by atoms with Gasteiger partial charge in [-0.3, -0.25) is 9.59 Å². The van der Waals surface area contributed by atoms with Crippen LogP contribution in [0.4, 0.5) is 5.69 Å². The molecule has 1 aromatic rings. The normalized spacial score (nSPS) is 21.6. The molecule has 2 saturated heterocycles. The van der Waals surface area contributed by atoms with Crippen LogP contribution in [-0.2, 0) is 24.3 Å². The van der Waals surface area contributed by atoms with E-state index in [2.05, 4.69) is 6.92 Å². The second-order valence-electron chi connectivity index (χ2n) is 7.98. The topological polar surface area (TPSA) is 87.2 Å². The van der Waals surface area contributed by atoms with Crippen LogP contribution < -0.4 is 4.90 Å². The molecule has 1 aromatic carbocycles. The first-order chi connectivity index (χ1) is 14.4. The third kappa shape index (κ3) is 4.37. The summed E-state index contributed by atoms with van der Waals surface area (Å²) in [7, 11) is -3.68. The van der Waals surface area contributed by atoms with E-state index in [-0.39, 0.29) is 29.0 Å². The highest BCUT2D eigenvalue weighted by atomic mass is 32.2. The van der Waals surface area contributed by atoms with Crippen molar-refractivity contribution in [2.45, 2.75) is 29.6 Å². The smallest absolute Gasteiger partial charge is 0.243 e. The van der Waals surface area contributed by atoms with E-state index in [1.165, 1.54) is 27.0 Å². The van der Waals surface area contributed by atoms with Gasteiger partial charge in [0.05, 0.1) is 29.5 Å². The zero-order valence-electron chi connectivity index (χ0n) is 17.1. The molecule has 0 bridgehead atoms. The molecule has 8 nitrogen and oxygen atoms in total. The Bertz CT molecular complexity index is 922. The zero-order valence-corrected chi connectivity index (χ0v) is 18.7. The fraction of sp³-hybridized carbons (Fsp3) is 0.600. The Morgan fingerprint density at radius 2 is 1.87 bits per heavy atom. The highest BCUT2D eigenvalue weighted by Crippen LogP contribution is 2.37. The largest absolute Gasteiger partial charge is 0.379 e. The van der Waals surface area contributed by atoms with Crippen LogP contribution in [0, 0.1) is 5.92 Å². The van der Waals surface area contributed by atoms with E-state index in [4.69, 9.17) is 4.74 Å². The summed E-state index contributed by atoms with van der Waals surface area (Å²) in [6, 6.07) is 4.86. The van der Waals surface area contributed by atoms with Gasteiger partial charge in [0, 0.05) is 31.1 Å². The summed E-state index contributed by atoms with van der Waals surface area (Å²) >= 11 is 1.37. The van der Waals surface area contributed by atoms with Crippen molar-refractivity contribution in [3.63, 3.8) is 0 Å². The minimum atomic E-state index is -3.68. The third-order valence-electron chi connectivity index (χ3n) is 5.91. The molecule has 164 valence electrons. The van der Waals surface area contributed by atoms with Crippen LogP contribution in [0.5, 0.6) is 0 Å². The number of ether oxygens (including phenoxy) is 1. The number of piperidine rings is 1. The molecule has 0 radical (unpaired) electrons. The van der Waals surface area contributed by atoms with Crippen molar-refractivity contribution in [1.82, 2.24) is 9.21 Å². The fourth-order valence-corrected chi connectivity index (χ4v) is 6.29. The number of hydrogen-bond donors (Lipinski definition) is 0. The van der Waals surface area contributed by atoms with E-state index >= 15 is 0 Å². The summed E-state index contributed by atoms with van der Waals surface area (Å²) in [5.41, 5.74) is 0.504. The fourth-order valence-electron chi connectivity index (χ4n) is 3.95. The van der Waals surface area contributed by atoms with Gasteiger partial charge in [-0.05, 0) is 37.0 Å². The standard InChI is InChI=1S/C20H27N3O5S2/c1-15-4-6-21(7-5-15)19(24)13-23-17-12-16(2-3-18(17)29-14-20(23)25)30(26,27)22-8-10-28-11-9-22/h2-3,12,15H,4-11,13-14H2,1H3. The summed E-state index contributed by atoms with van der Waals surface area (Å²) in [5.74, 6) is 0.588. The summed E-state index contributed by atoms with van der Waals surface area (Å²) in [6.45, 7) is 4.89. The lowest BCUT2D eigenvalue weighted by Crippen LogP contribution is -2.47. The molecule has 2 fully saturated rings. The van der Waals surface area contributed by atoms with E-state index in [0.29, 0.717) is 51.0 Å². The molecule has 2 amide bonds. The van der Waals surface area contributed by atoms with Crippen LogP contribution in [0.15, 0.2) is 28.0 Å². The van der Waals surface area contributed by atoms with Gasteiger partial charge in [-0.2, -0.15) is 4.31 Å². The summed E-state index contributed by atoms with van der Waals surface area (Å²) in [6.07, 6.45) is 1.93. The molecular formula is C20H27N3O5S2. The van der Waals surface area contributed by atoms with E-state index in [1.807, 2.05) is 4.90 Å². The molecule has 0 N–H and O–H groups in total. The van der Waals surface area contributed by atoms with Crippen molar-refractivity contribution in [2.24, 2.45) is 5.92 Å². The van der Waals surface area contributed by atoms with Gasteiger partial charge in [-0.1, -0.05) is 6.92 Å². The average molecular weight is 454 g/mol. The van der Waals surface area contributed by atoms with Crippen LogP contribution in [-0.4, -0.2) is 81.1 Å². The number of benzene rings is 1. The van der Waals surface area contributed by atoms with Gasteiger partial charge in [0.25, 0.3) is 0 Å². The van der Waals surface area contributed by atoms with Crippen LogP contribution in [0.1, 0.15) is 19.8 Å². The maximum Gasteiger partial charge on any atom is 0.243 e. The Kier molecular flexibility index (Phi) is 6.38. The summed E-state index contributed by atoms with van der Waals surface area (Å²) < 4.78 is 32.8. The Labute approximate surface area is 181 Å². The molecule has 3 heterocycles. The first kappa shape index (κ1) is 21.6. The quantitative estimate of drug-likeness (QED) is 0.685. The Morgan fingerprint density at radius 1 is 1.17 bits per heavy atom. The van der Waals surface area contributed by atoms with E-state index in [0.717, 1.165) is 17.7 Å². The first-order valence-electron chi connectivity index (χ1n) is 10.3. The molecule has 0 saturated carbocycles. The van der Waals surface area contributed by atoms with Crippen molar-refractivity contribution in [3.8, 4) is 0 Å². The zero-order chi connectivity index (χ0) is 21.3. The predicted octanol–water partition coefficient (Wildman–Crippen LogP) is 1.40. The minimum Gasteiger partial charge on any atom is -0.379 e. The lowest BCUT2D eigenvalue weighted by molar-refractivity contribution is -0.132. The van der Waals surface area contributed by atoms with Crippen molar-refractivity contribution in [3.05, 3.63) is 18.2 Å². The lowest BCUT2D eigenvalue weighted by atomic mass is 9.99. The molecule has 0 atom stereocenters. The molecular weight excluding hydrogens is 426 g/mol.